The van der Waals surface area contributed by atoms with Crippen molar-refractivity contribution in [2.45, 2.75) is 32.2 Å². The molecule has 0 spiro atoms. The summed E-state index contributed by atoms with van der Waals surface area (Å²) in [6.45, 7) is 2.93. The first kappa shape index (κ1) is 29.3. The van der Waals surface area contributed by atoms with E-state index in [0.717, 1.165) is 22.4 Å². The van der Waals surface area contributed by atoms with Gasteiger partial charge in [-0.2, -0.15) is 0 Å². The van der Waals surface area contributed by atoms with E-state index < -0.39 is 35.4 Å². The number of aromatic amines is 1. The molecule has 15 heteroatoms. The minimum atomic E-state index is -1.01. The number of hydrogen-bond acceptors (Lipinski definition) is 9. The average Bonchev–Trinajstić information content (AvgIpc) is 3.52. The van der Waals surface area contributed by atoms with E-state index in [9.17, 15) is 24.0 Å². The smallest absolute Gasteiger partial charge is 0.410 e. The van der Waals surface area contributed by atoms with Gasteiger partial charge in [-0.25, -0.2) is 19.6 Å². The Labute approximate surface area is 246 Å². The Balaban J connectivity index is 1.33. The number of aryl methyl sites for hydroxylation is 1. The molecule has 5 N–H and O–H groups in total. The number of fused-ring (bicyclic) bond motifs is 1. The molecular formula is C28H33N9O6. The third-order valence-electron chi connectivity index (χ3n) is 7.68. The molecule has 2 saturated heterocycles. The molecule has 226 valence electrons. The van der Waals surface area contributed by atoms with Crippen LogP contribution in [0.1, 0.15) is 24.8 Å². The van der Waals surface area contributed by atoms with Crippen LogP contribution >= 0.6 is 0 Å². The van der Waals surface area contributed by atoms with Gasteiger partial charge < -0.3 is 35.5 Å². The summed E-state index contributed by atoms with van der Waals surface area (Å²) >= 11 is 0. The number of imide groups is 1. The predicted molar refractivity (Wildman–Crippen MR) is 155 cm³/mol. The molecular weight excluding hydrogens is 558 g/mol. The highest BCUT2D eigenvalue weighted by molar-refractivity contribution is 6.05. The molecule has 0 aliphatic carbocycles. The fraction of sp³-hybridized carbons (Fsp3) is 0.393. The van der Waals surface area contributed by atoms with Gasteiger partial charge in [0, 0.05) is 51.7 Å². The van der Waals surface area contributed by atoms with E-state index in [-0.39, 0.29) is 24.6 Å². The largest absolute Gasteiger partial charge is 0.414 e. The first-order valence-corrected chi connectivity index (χ1v) is 13.8. The molecule has 0 radical (unpaired) electrons. The average molecular weight is 592 g/mol. The van der Waals surface area contributed by atoms with Crippen molar-refractivity contribution in [3.8, 4) is 5.75 Å². The molecule has 15 nitrogen and oxygen atoms in total. The zero-order chi connectivity index (χ0) is 30.7. The van der Waals surface area contributed by atoms with Crippen molar-refractivity contribution in [1.82, 2.24) is 35.8 Å². The molecule has 1 aromatic carbocycles. The first-order chi connectivity index (χ1) is 20.5. The van der Waals surface area contributed by atoms with E-state index in [2.05, 4.69) is 41.1 Å². The van der Waals surface area contributed by atoms with E-state index in [0.29, 0.717) is 31.6 Å². The number of amides is 6. The Bertz CT molecular complexity index is 1580. The number of anilines is 2. The third kappa shape index (κ3) is 6.34. The van der Waals surface area contributed by atoms with Gasteiger partial charge in [0.2, 0.25) is 11.8 Å². The lowest BCUT2D eigenvalue weighted by Crippen LogP contribution is -2.53. The molecule has 2 aromatic heterocycles. The molecule has 6 amide bonds. The number of rotatable bonds is 8. The van der Waals surface area contributed by atoms with Crippen LogP contribution in [0.3, 0.4) is 0 Å². The molecule has 2 aliphatic rings. The SMILES string of the molecule is Cc1c[nH]c2ncnc(N3CCC(CNC(=O)CC4NC(=O)NC4=O)(C(=O)Nc4cccc(OC(=O)N(C)C)c4)CC3)c12. The van der Waals surface area contributed by atoms with Gasteiger partial charge in [-0.05, 0) is 37.5 Å². The van der Waals surface area contributed by atoms with Crippen LogP contribution in [0.5, 0.6) is 5.75 Å². The summed E-state index contributed by atoms with van der Waals surface area (Å²) in [5.41, 5.74) is 1.14. The third-order valence-corrected chi connectivity index (χ3v) is 7.68. The topological polar surface area (TPSA) is 191 Å². The number of nitrogens with one attached hydrogen (secondary N) is 5. The monoisotopic (exact) mass is 591 g/mol. The van der Waals surface area contributed by atoms with Crippen LogP contribution in [0.15, 0.2) is 36.8 Å². The minimum absolute atomic E-state index is 0.00542. The molecule has 5 rings (SSSR count). The summed E-state index contributed by atoms with van der Waals surface area (Å²) in [6.07, 6.45) is 3.31. The van der Waals surface area contributed by atoms with E-state index in [1.54, 1.807) is 38.4 Å². The quantitative estimate of drug-likeness (QED) is 0.240. The second kappa shape index (κ2) is 12.0. The van der Waals surface area contributed by atoms with Gasteiger partial charge in [0.25, 0.3) is 5.91 Å². The number of carbonyl (C=O) groups excluding carboxylic acids is 5. The highest BCUT2D eigenvalue weighted by atomic mass is 16.6. The molecule has 1 atom stereocenters. The lowest BCUT2D eigenvalue weighted by Gasteiger charge is -2.41. The number of H-pyrrole nitrogens is 1. The predicted octanol–water partition coefficient (Wildman–Crippen LogP) is 1.27. The molecule has 2 fully saturated rings. The number of aromatic nitrogens is 3. The van der Waals surface area contributed by atoms with Gasteiger partial charge in [0.15, 0.2) is 0 Å². The zero-order valence-corrected chi connectivity index (χ0v) is 24.0. The van der Waals surface area contributed by atoms with Crippen LogP contribution in [0.25, 0.3) is 11.0 Å². The van der Waals surface area contributed by atoms with Crippen molar-refractivity contribution in [2.24, 2.45) is 5.41 Å². The maximum absolute atomic E-state index is 13.9. The van der Waals surface area contributed by atoms with Crippen molar-refractivity contribution in [3.63, 3.8) is 0 Å². The maximum Gasteiger partial charge on any atom is 0.414 e. The summed E-state index contributed by atoms with van der Waals surface area (Å²) in [7, 11) is 3.13. The lowest BCUT2D eigenvalue weighted by molar-refractivity contribution is -0.129. The number of piperidine rings is 1. The Morgan fingerprint density at radius 3 is 2.63 bits per heavy atom. The number of urea groups is 1. The molecule has 43 heavy (non-hydrogen) atoms. The molecule has 2 aliphatic heterocycles. The van der Waals surface area contributed by atoms with Crippen LogP contribution in [-0.4, -0.2) is 89.5 Å². The first-order valence-electron chi connectivity index (χ1n) is 13.8. The maximum atomic E-state index is 13.9. The Kier molecular flexibility index (Phi) is 8.14. The fourth-order valence-electron chi connectivity index (χ4n) is 5.19. The Morgan fingerprint density at radius 2 is 1.93 bits per heavy atom. The van der Waals surface area contributed by atoms with Crippen molar-refractivity contribution < 1.29 is 28.7 Å². The van der Waals surface area contributed by atoms with Gasteiger partial charge in [0.1, 0.15) is 29.6 Å². The highest BCUT2D eigenvalue weighted by Gasteiger charge is 2.43. The summed E-state index contributed by atoms with van der Waals surface area (Å²) < 4.78 is 5.32. The molecule has 1 unspecified atom stereocenters. The van der Waals surface area contributed by atoms with Gasteiger partial charge in [-0.15, -0.1) is 0 Å². The van der Waals surface area contributed by atoms with E-state index in [4.69, 9.17) is 4.74 Å². The normalized spacial score (nSPS) is 17.7. The van der Waals surface area contributed by atoms with Gasteiger partial charge in [-0.1, -0.05) is 6.07 Å². The summed E-state index contributed by atoms with van der Waals surface area (Å²) in [6, 6.07) is 4.87. The fourth-order valence-corrected chi connectivity index (χ4v) is 5.19. The Hall–Kier alpha value is -5.21. The lowest BCUT2D eigenvalue weighted by atomic mass is 9.77. The van der Waals surface area contributed by atoms with Crippen molar-refractivity contribution >= 4 is 52.4 Å². The van der Waals surface area contributed by atoms with Crippen LogP contribution in [0.2, 0.25) is 0 Å². The second-order valence-corrected chi connectivity index (χ2v) is 10.9. The second-order valence-electron chi connectivity index (χ2n) is 10.9. The van der Waals surface area contributed by atoms with Gasteiger partial charge in [0.05, 0.1) is 17.2 Å². The van der Waals surface area contributed by atoms with Crippen LogP contribution in [-0.2, 0) is 14.4 Å². The van der Waals surface area contributed by atoms with E-state index >= 15 is 0 Å². The van der Waals surface area contributed by atoms with Crippen molar-refractivity contribution in [2.75, 3.05) is 43.9 Å². The molecule has 3 aromatic rings. The van der Waals surface area contributed by atoms with Crippen molar-refractivity contribution in [1.29, 1.82) is 0 Å². The van der Waals surface area contributed by atoms with Crippen LogP contribution < -0.4 is 30.9 Å². The zero-order valence-electron chi connectivity index (χ0n) is 24.0. The standard InChI is InChI=1S/C28H33N9O6/c1-16-13-29-22-21(16)23(32-15-31-22)37-9-7-28(8-10-37,14-30-20(38)12-19-24(39)35-26(41)34-19)25(40)33-17-5-4-6-18(11-17)43-27(42)36(2)3/h4-6,11,13,15,19H,7-10,12,14H2,1-3H3,(H,30,38)(H,33,40)(H,29,31,32)(H2,34,35,39,41). The summed E-state index contributed by atoms with van der Waals surface area (Å²) in [4.78, 5) is 77.4. The number of ether oxygens (including phenoxy) is 1. The van der Waals surface area contributed by atoms with Crippen molar-refractivity contribution in [3.05, 3.63) is 42.4 Å². The van der Waals surface area contributed by atoms with Gasteiger partial charge in [-0.3, -0.25) is 19.7 Å². The van der Waals surface area contributed by atoms with E-state index in [1.165, 1.54) is 11.2 Å². The summed E-state index contributed by atoms with van der Waals surface area (Å²) in [5, 5.41) is 11.2. The highest BCUT2D eigenvalue weighted by Crippen LogP contribution is 2.36. The number of hydrogen-bond donors (Lipinski definition) is 5. The minimum Gasteiger partial charge on any atom is -0.410 e. The van der Waals surface area contributed by atoms with E-state index in [1.807, 2.05) is 13.1 Å². The van der Waals surface area contributed by atoms with Crippen LogP contribution in [0, 0.1) is 12.3 Å². The Morgan fingerprint density at radius 1 is 1.16 bits per heavy atom. The van der Waals surface area contributed by atoms with Crippen LogP contribution in [0.4, 0.5) is 21.1 Å². The molecule has 0 bridgehead atoms. The molecule has 0 saturated carbocycles. The molecule has 4 heterocycles. The summed E-state index contributed by atoms with van der Waals surface area (Å²) in [5.74, 6) is -0.344. The number of benzene rings is 1. The van der Waals surface area contributed by atoms with Gasteiger partial charge >= 0.3 is 12.1 Å². The number of carbonyl (C=O) groups is 5. The number of nitrogens with zero attached hydrogens (tertiary/aromatic N) is 4.